The number of pyridine rings is 1. The van der Waals surface area contributed by atoms with Gasteiger partial charge in [0.2, 0.25) is 0 Å². The van der Waals surface area contributed by atoms with Gasteiger partial charge in [0.25, 0.3) is 0 Å². The molecule has 1 atom stereocenters. The van der Waals surface area contributed by atoms with Crippen molar-refractivity contribution >= 4 is 6.09 Å². The summed E-state index contributed by atoms with van der Waals surface area (Å²) in [5.74, 6) is -0.366. The van der Waals surface area contributed by atoms with Crippen LogP contribution in [-0.4, -0.2) is 29.4 Å². The summed E-state index contributed by atoms with van der Waals surface area (Å²) in [6.07, 6.45) is 3.01. The SMILES string of the molecule is CC(C)(C)OC(=O)NCC(C)(C)n1cc(-c2ccc(F)cc2)c(=O)c(C2(C)CO2)c1. The number of epoxide rings is 1. The number of ether oxygens (including phenoxy) is 2. The number of rotatable bonds is 5. The molecule has 0 bridgehead atoms. The lowest BCUT2D eigenvalue weighted by molar-refractivity contribution is 0.0508. The lowest BCUT2D eigenvalue weighted by Gasteiger charge is -2.31. The Balaban J connectivity index is 1.97. The maximum absolute atomic E-state index is 13.4. The minimum absolute atomic E-state index is 0.145. The first kappa shape index (κ1) is 22.0. The molecule has 2 aromatic rings. The zero-order valence-corrected chi connectivity index (χ0v) is 18.3. The van der Waals surface area contributed by atoms with Crippen LogP contribution in [0.1, 0.15) is 47.1 Å². The zero-order chi connectivity index (χ0) is 22.3. The Morgan fingerprint density at radius 2 is 1.80 bits per heavy atom. The van der Waals surface area contributed by atoms with Crippen molar-refractivity contribution in [3.63, 3.8) is 0 Å². The van der Waals surface area contributed by atoms with Gasteiger partial charge in [0.1, 0.15) is 17.0 Å². The van der Waals surface area contributed by atoms with Crippen LogP contribution in [0.25, 0.3) is 11.1 Å². The first-order valence-electron chi connectivity index (χ1n) is 9.95. The van der Waals surface area contributed by atoms with Crippen LogP contribution in [0.15, 0.2) is 41.5 Å². The molecule has 162 valence electrons. The molecule has 1 amide bonds. The Morgan fingerprint density at radius 3 is 2.33 bits per heavy atom. The van der Waals surface area contributed by atoms with Crippen molar-refractivity contribution < 1.29 is 18.7 Å². The van der Waals surface area contributed by atoms with Gasteiger partial charge in [-0.2, -0.15) is 0 Å². The Labute approximate surface area is 176 Å². The molecular weight excluding hydrogens is 387 g/mol. The molecule has 1 saturated heterocycles. The number of hydrogen-bond donors (Lipinski definition) is 1. The smallest absolute Gasteiger partial charge is 0.407 e. The fourth-order valence-electron chi connectivity index (χ4n) is 3.10. The van der Waals surface area contributed by atoms with Crippen LogP contribution in [-0.2, 0) is 20.6 Å². The van der Waals surface area contributed by atoms with Gasteiger partial charge in [-0.25, -0.2) is 9.18 Å². The molecule has 1 aromatic heterocycles. The minimum Gasteiger partial charge on any atom is -0.444 e. The van der Waals surface area contributed by atoms with E-state index in [0.717, 1.165) is 0 Å². The molecule has 3 rings (SSSR count). The third-order valence-electron chi connectivity index (χ3n) is 5.09. The average Bonchev–Trinajstić information content (AvgIpc) is 3.38. The highest BCUT2D eigenvalue weighted by atomic mass is 19.1. The van der Waals surface area contributed by atoms with Gasteiger partial charge in [-0.1, -0.05) is 12.1 Å². The van der Waals surface area contributed by atoms with Gasteiger partial charge in [-0.3, -0.25) is 4.79 Å². The summed E-state index contributed by atoms with van der Waals surface area (Å²) in [5, 5.41) is 2.79. The highest BCUT2D eigenvalue weighted by molar-refractivity contribution is 5.67. The summed E-state index contributed by atoms with van der Waals surface area (Å²) in [7, 11) is 0. The predicted molar refractivity (Wildman–Crippen MR) is 113 cm³/mol. The second kappa shape index (κ2) is 7.54. The molecule has 1 aliphatic heterocycles. The van der Waals surface area contributed by atoms with E-state index in [1.165, 1.54) is 12.1 Å². The summed E-state index contributed by atoms with van der Waals surface area (Å²) in [5.41, 5.74) is -0.329. The highest BCUT2D eigenvalue weighted by Crippen LogP contribution is 2.37. The zero-order valence-electron chi connectivity index (χ0n) is 18.3. The van der Waals surface area contributed by atoms with Crippen molar-refractivity contribution in [1.82, 2.24) is 9.88 Å². The van der Waals surface area contributed by atoms with Crippen LogP contribution in [0.5, 0.6) is 0 Å². The van der Waals surface area contributed by atoms with Gasteiger partial charge >= 0.3 is 6.09 Å². The number of nitrogens with zero attached hydrogens (tertiary/aromatic N) is 1. The molecule has 1 unspecified atom stereocenters. The third kappa shape index (κ3) is 4.90. The van der Waals surface area contributed by atoms with Crippen molar-refractivity contribution in [1.29, 1.82) is 0 Å². The van der Waals surface area contributed by atoms with Crippen LogP contribution < -0.4 is 10.7 Å². The van der Waals surface area contributed by atoms with Crippen molar-refractivity contribution in [2.24, 2.45) is 0 Å². The summed E-state index contributed by atoms with van der Waals surface area (Å²) < 4.78 is 26.1. The van der Waals surface area contributed by atoms with E-state index < -0.39 is 22.8 Å². The summed E-state index contributed by atoms with van der Waals surface area (Å²) in [4.78, 5) is 25.3. The fourth-order valence-corrected chi connectivity index (χ4v) is 3.10. The van der Waals surface area contributed by atoms with E-state index in [9.17, 15) is 14.0 Å². The molecule has 0 radical (unpaired) electrons. The molecule has 1 aromatic carbocycles. The van der Waals surface area contributed by atoms with Crippen LogP contribution in [0.3, 0.4) is 0 Å². The van der Waals surface area contributed by atoms with E-state index in [4.69, 9.17) is 9.47 Å². The Bertz CT molecular complexity index is 999. The van der Waals surface area contributed by atoms with Gasteiger partial charge in [0.05, 0.1) is 17.7 Å². The standard InChI is InChI=1S/C23H29FN2O4/c1-21(2,3)30-20(28)25-13-22(4,5)26-11-17(15-7-9-16(24)10-8-15)19(27)18(12-26)23(6)14-29-23/h7-12H,13-14H2,1-6H3,(H,25,28). The van der Waals surface area contributed by atoms with Gasteiger partial charge in [-0.05, 0) is 59.2 Å². The van der Waals surface area contributed by atoms with Crippen LogP contribution in [0, 0.1) is 5.82 Å². The molecule has 7 heteroatoms. The molecule has 30 heavy (non-hydrogen) atoms. The van der Waals surface area contributed by atoms with Crippen molar-refractivity contribution in [2.45, 2.75) is 58.3 Å². The normalized spacial score (nSPS) is 18.8. The highest BCUT2D eigenvalue weighted by Gasteiger charge is 2.44. The number of alkyl carbamates (subject to hydrolysis) is 1. The van der Waals surface area contributed by atoms with E-state index in [0.29, 0.717) is 23.3 Å². The van der Waals surface area contributed by atoms with Gasteiger partial charge in [0.15, 0.2) is 5.43 Å². The number of carbonyl (C=O) groups excluding carboxylic acids is 1. The van der Waals surface area contributed by atoms with Crippen molar-refractivity contribution in [3.05, 3.63) is 58.3 Å². The summed E-state index contributed by atoms with van der Waals surface area (Å²) in [6.45, 7) is 11.9. The molecular formula is C23H29FN2O4. The Morgan fingerprint density at radius 1 is 1.20 bits per heavy atom. The quantitative estimate of drug-likeness (QED) is 0.743. The number of amides is 1. The van der Waals surface area contributed by atoms with Gasteiger partial charge in [-0.15, -0.1) is 0 Å². The second-order valence-electron chi connectivity index (χ2n) is 9.52. The fraction of sp³-hybridized carbons (Fsp3) is 0.478. The second-order valence-corrected chi connectivity index (χ2v) is 9.52. The van der Waals surface area contributed by atoms with Gasteiger partial charge in [0, 0.05) is 24.5 Å². The van der Waals surface area contributed by atoms with Crippen molar-refractivity contribution in [2.75, 3.05) is 13.2 Å². The molecule has 0 aliphatic carbocycles. The van der Waals surface area contributed by atoms with Crippen molar-refractivity contribution in [3.8, 4) is 11.1 Å². The van der Waals surface area contributed by atoms with E-state index >= 15 is 0 Å². The molecule has 2 heterocycles. The minimum atomic E-state index is -0.635. The van der Waals surface area contributed by atoms with Gasteiger partial charge < -0.3 is 19.4 Å². The summed E-state index contributed by atoms with van der Waals surface area (Å²) in [6, 6.07) is 5.83. The van der Waals surface area contributed by atoms with E-state index in [-0.39, 0.29) is 17.8 Å². The molecule has 0 spiro atoms. The number of carbonyl (C=O) groups is 1. The van der Waals surface area contributed by atoms with E-state index in [1.54, 1.807) is 45.3 Å². The number of aromatic nitrogens is 1. The molecule has 1 aliphatic rings. The van der Waals surface area contributed by atoms with Crippen LogP contribution in [0.4, 0.5) is 9.18 Å². The number of benzene rings is 1. The monoisotopic (exact) mass is 416 g/mol. The molecule has 6 nitrogen and oxygen atoms in total. The van der Waals surface area contributed by atoms with Crippen LogP contribution >= 0.6 is 0 Å². The third-order valence-corrected chi connectivity index (χ3v) is 5.09. The molecule has 1 N–H and O–H groups in total. The number of nitrogens with one attached hydrogen (secondary N) is 1. The first-order chi connectivity index (χ1) is 13.8. The number of halogens is 1. The predicted octanol–water partition coefficient (Wildman–Crippen LogP) is 4.16. The lowest BCUT2D eigenvalue weighted by Crippen LogP contribution is -2.43. The topological polar surface area (TPSA) is 72.9 Å². The Hall–Kier alpha value is -2.67. The average molecular weight is 416 g/mol. The Kier molecular flexibility index (Phi) is 5.54. The molecule has 1 fully saturated rings. The van der Waals surface area contributed by atoms with E-state index in [1.807, 2.05) is 25.3 Å². The maximum atomic E-state index is 13.4. The van der Waals surface area contributed by atoms with E-state index in [2.05, 4.69) is 5.32 Å². The van der Waals surface area contributed by atoms with Crippen LogP contribution in [0.2, 0.25) is 0 Å². The maximum Gasteiger partial charge on any atom is 0.407 e. The lowest BCUT2D eigenvalue weighted by atomic mass is 9.96. The largest absolute Gasteiger partial charge is 0.444 e. The summed E-state index contributed by atoms with van der Waals surface area (Å²) >= 11 is 0. The molecule has 0 saturated carbocycles. The first-order valence-corrected chi connectivity index (χ1v) is 9.95. The number of hydrogen-bond acceptors (Lipinski definition) is 4.